The van der Waals surface area contributed by atoms with Gasteiger partial charge in [0.2, 0.25) is 0 Å². The molecule has 0 aliphatic heterocycles. The van der Waals surface area contributed by atoms with Gasteiger partial charge in [-0.25, -0.2) is 0 Å². The molecule has 0 unspecified atom stereocenters. The molecule has 2 nitrogen and oxygen atoms in total. The summed E-state index contributed by atoms with van der Waals surface area (Å²) < 4.78 is 43.0. The molecule has 0 aliphatic rings. The highest BCUT2D eigenvalue weighted by Crippen LogP contribution is 2.39. The number of nitrogens with zero attached hydrogens (tertiary/aromatic N) is 1. The summed E-state index contributed by atoms with van der Waals surface area (Å²) in [5, 5.41) is 0.499. The predicted octanol–water partition coefficient (Wildman–Crippen LogP) is 5.74. The van der Waals surface area contributed by atoms with Gasteiger partial charge >= 0.3 is 6.18 Å². The van der Waals surface area contributed by atoms with Gasteiger partial charge in [-0.2, -0.15) is 13.2 Å². The molecule has 0 bridgehead atoms. The van der Waals surface area contributed by atoms with Gasteiger partial charge in [-0.3, -0.25) is 4.98 Å². The van der Waals surface area contributed by atoms with Crippen molar-refractivity contribution in [1.29, 1.82) is 0 Å². The van der Waals surface area contributed by atoms with E-state index in [-0.39, 0.29) is 26.5 Å². The SMILES string of the molecule is COc1cc(C(F)(F)F)cnc1-c1cc(Cl)c(Cl)c(Cl)c1. The summed E-state index contributed by atoms with van der Waals surface area (Å²) in [4.78, 5) is 3.79. The molecule has 1 aromatic heterocycles. The Morgan fingerprint density at radius 2 is 1.62 bits per heavy atom. The molecule has 8 heteroatoms. The van der Waals surface area contributed by atoms with Gasteiger partial charge in [0.05, 0.1) is 27.7 Å². The zero-order valence-corrected chi connectivity index (χ0v) is 12.7. The maximum absolute atomic E-state index is 12.7. The Morgan fingerprint density at radius 1 is 1.05 bits per heavy atom. The highest BCUT2D eigenvalue weighted by Gasteiger charge is 2.32. The van der Waals surface area contributed by atoms with Crippen molar-refractivity contribution in [3.05, 3.63) is 45.0 Å². The van der Waals surface area contributed by atoms with Crippen LogP contribution in [0, 0.1) is 0 Å². The standard InChI is InChI=1S/C13H7Cl3F3NO/c1-21-10-4-7(13(17,18)19)5-20-12(10)6-2-8(14)11(16)9(15)3-6/h2-5H,1H3. The third-order valence-corrected chi connectivity index (χ3v) is 3.85. The highest BCUT2D eigenvalue weighted by atomic mass is 35.5. The fraction of sp³-hybridized carbons (Fsp3) is 0.154. The number of hydrogen-bond donors (Lipinski definition) is 0. The Bertz CT molecular complexity index is 666. The van der Waals surface area contributed by atoms with Crippen LogP contribution in [0.15, 0.2) is 24.4 Å². The lowest BCUT2D eigenvalue weighted by molar-refractivity contribution is -0.137. The third kappa shape index (κ3) is 3.36. The molecule has 0 amide bonds. The van der Waals surface area contributed by atoms with Crippen LogP contribution in [0.1, 0.15) is 5.56 Å². The number of pyridine rings is 1. The number of halogens is 6. The van der Waals surface area contributed by atoms with Crippen molar-refractivity contribution >= 4 is 34.8 Å². The molecule has 2 aromatic rings. The number of ether oxygens (including phenoxy) is 1. The fourth-order valence-electron chi connectivity index (χ4n) is 1.66. The third-order valence-electron chi connectivity index (χ3n) is 2.66. The largest absolute Gasteiger partial charge is 0.494 e. The Balaban J connectivity index is 2.59. The lowest BCUT2D eigenvalue weighted by Crippen LogP contribution is -2.06. The summed E-state index contributed by atoms with van der Waals surface area (Å²) in [6.45, 7) is 0. The molecule has 0 saturated carbocycles. The van der Waals surface area contributed by atoms with Crippen molar-refractivity contribution in [2.45, 2.75) is 6.18 Å². The molecule has 21 heavy (non-hydrogen) atoms. The zero-order valence-electron chi connectivity index (χ0n) is 10.4. The van der Waals surface area contributed by atoms with Crippen LogP contribution in [-0.2, 0) is 6.18 Å². The van der Waals surface area contributed by atoms with Crippen LogP contribution in [0.2, 0.25) is 15.1 Å². The van der Waals surface area contributed by atoms with Crippen molar-refractivity contribution in [2.24, 2.45) is 0 Å². The van der Waals surface area contributed by atoms with Crippen LogP contribution in [0.4, 0.5) is 13.2 Å². The molecule has 0 radical (unpaired) electrons. The smallest absolute Gasteiger partial charge is 0.418 e. The van der Waals surface area contributed by atoms with Crippen molar-refractivity contribution in [2.75, 3.05) is 7.11 Å². The van der Waals surface area contributed by atoms with E-state index in [0.717, 1.165) is 6.07 Å². The topological polar surface area (TPSA) is 22.1 Å². The Kier molecular flexibility index (Phi) is 4.56. The molecule has 2 rings (SSSR count). The Labute approximate surface area is 133 Å². The first kappa shape index (κ1) is 16.2. The molecule has 0 atom stereocenters. The lowest BCUT2D eigenvalue weighted by Gasteiger charge is -2.12. The van der Waals surface area contributed by atoms with Gasteiger partial charge in [0.15, 0.2) is 0 Å². The summed E-state index contributed by atoms with van der Waals surface area (Å²) in [5.74, 6) is -0.0423. The van der Waals surface area contributed by atoms with Gasteiger partial charge < -0.3 is 4.74 Å². The molecule has 1 heterocycles. The summed E-state index contributed by atoms with van der Waals surface area (Å²) in [6.07, 6.45) is -3.79. The second kappa shape index (κ2) is 5.91. The normalized spacial score (nSPS) is 11.6. The molecule has 0 fully saturated rings. The maximum Gasteiger partial charge on any atom is 0.418 e. The minimum atomic E-state index is -4.51. The van der Waals surface area contributed by atoms with Crippen molar-refractivity contribution in [1.82, 2.24) is 4.98 Å². The maximum atomic E-state index is 12.7. The van der Waals surface area contributed by atoms with Gasteiger partial charge in [-0.05, 0) is 18.2 Å². The van der Waals surface area contributed by atoms with Gasteiger partial charge in [0, 0.05) is 11.8 Å². The van der Waals surface area contributed by atoms with E-state index in [4.69, 9.17) is 39.5 Å². The van der Waals surface area contributed by atoms with Gasteiger partial charge in [0.1, 0.15) is 11.4 Å². The summed E-state index contributed by atoms with van der Waals surface area (Å²) in [6, 6.07) is 3.76. The Morgan fingerprint density at radius 3 is 2.10 bits per heavy atom. The summed E-state index contributed by atoms with van der Waals surface area (Å²) in [7, 11) is 1.25. The molecule has 112 valence electrons. The first-order valence-corrected chi connectivity index (χ1v) is 6.63. The first-order valence-electron chi connectivity index (χ1n) is 5.50. The van der Waals surface area contributed by atoms with E-state index in [1.165, 1.54) is 19.2 Å². The number of methoxy groups -OCH3 is 1. The molecule has 0 N–H and O–H groups in total. The second-order valence-corrected chi connectivity index (χ2v) is 5.22. The van der Waals surface area contributed by atoms with E-state index in [9.17, 15) is 13.2 Å². The first-order chi connectivity index (χ1) is 9.74. The summed E-state index contributed by atoms with van der Waals surface area (Å²) >= 11 is 17.6. The molecular weight excluding hydrogens is 350 g/mol. The summed E-state index contributed by atoms with van der Waals surface area (Å²) in [5.41, 5.74) is -0.319. The number of benzene rings is 1. The van der Waals surface area contributed by atoms with Crippen LogP contribution in [0.25, 0.3) is 11.3 Å². The number of alkyl halides is 3. The second-order valence-electron chi connectivity index (χ2n) is 4.03. The Hall–Kier alpha value is -1.17. The lowest BCUT2D eigenvalue weighted by atomic mass is 10.1. The average Bonchev–Trinajstić information content (AvgIpc) is 2.42. The minimum Gasteiger partial charge on any atom is -0.494 e. The minimum absolute atomic E-state index is 0.0423. The van der Waals surface area contributed by atoms with E-state index in [2.05, 4.69) is 4.98 Å². The van der Waals surface area contributed by atoms with Crippen molar-refractivity contribution in [3.63, 3.8) is 0 Å². The van der Waals surface area contributed by atoms with Crippen molar-refractivity contribution in [3.8, 4) is 17.0 Å². The predicted molar refractivity (Wildman–Crippen MR) is 76.3 cm³/mol. The van der Waals surface area contributed by atoms with Crippen LogP contribution < -0.4 is 4.74 Å². The molecule has 0 spiro atoms. The van der Waals surface area contributed by atoms with Crippen LogP contribution in [-0.4, -0.2) is 12.1 Å². The van der Waals surface area contributed by atoms with Gasteiger partial charge in [0.25, 0.3) is 0 Å². The number of hydrogen-bond acceptors (Lipinski definition) is 2. The number of aromatic nitrogens is 1. The zero-order chi connectivity index (χ0) is 15.8. The van der Waals surface area contributed by atoms with Crippen molar-refractivity contribution < 1.29 is 17.9 Å². The fourth-order valence-corrected chi connectivity index (χ4v) is 2.26. The van der Waals surface area contributed by atoms with Crippen LogP contribution in [0.3, 0.4) is 0 Å². The van der Waals surface area contributed by atoms with Gasteiger partial charge in [-0.1, -0.05) is 34.8 Å². The van der Waals surface area contributed by atoms with E-state index >= 15 is 0 Å². The van der Waals surface area contributed by atoms with Gasteiger partial charge in [-0.15, -0.1) is 0 Å². The molecule has 1 aromatic carbocycles. The van der Waals surface area contributed by atoms with E-state index in [1.807, 2.05) is 0 Å². The number of rotatable bonds is 2. The quantitative estimate of drug-likeness (QED) is 0.640. The van der Waals surface area contributed by atoms with E-state index < -0.39 is 11.7 Å². The molecule has 0 saturated heterocycles. The highest BCUT2D eigenvalue weighted by molar-refractivity contribution is 6.48. The van der Waals surface area contributed by atoms with E-state index in [0.29, 0.717) is 11.8 Å². The molecular formula is C13H7Cl3F3NO. The monoisotopic (exact) mass is 355 g/mol. The van der Waals surface area contributed by atoms with E-state index in [1.54, 1.807) is 0 Å². The molecule has 0 aliphatic carbocycles. The van der Waals surface area contributed by atoms with Crippen LogP contribution in [0.5, 0.6) is 5.75 Å². The average molecular weight is 357 g/mol. The van der Waals surface area contributed by atoms with Crippen LogP contribution >= 0.6 is 34.8 Å².